The maximum Gasteiger partial charge on any atom is 0.125 e. The van der Waals surface area contributed by atoms with Gasteiger partial charge < -0.3 is 4.74 Å². The minimum atomic E-state index is 0.658. The van der Waals surface area contributed by atoms with Gasteiger partial charge in [-0.3, -0.25) is 9.67 Å². The second-order valence-electron chi connectivity index (χ2n) is 2.91. The van der Waals surface area contributed by atoms with Crippen LogP contribution in [0, 0.1) is 0 Å². The van der Waals surface area contributed by atoms with E-state index >= 15 is 0 Å². The number of aromatic nitrogens is 3. The van der Waals surface area contributed by atoms with Gasteiger partial charge in [0.05, 0.1) is 19.3 Å². The molecule has 0 fully saturated rings. The Morgan fingerprint density at radius 3 is 3.14 bits per heavy atom. The van der Waals surface area contributed by atoms with Gasteiger partial charge in [-0.15, -0.1) is 0 Å². The summed E-state index contributed by atoms with van der Waals surface area (Å²) in [6, 6.07) is 1.88. The molecular weight excluding hydrogens is 246 g/mol. The summed E-state index contributed by atoms with van der Waals surface area (Å²) in [5, 5.41) is 4.38. The molecule has 0 radical (unpaired) electrons. The molecule has 0 unspecified atom stereocenters. The van der Waals surface area contributed by atoms with Crippen molar-refractivity contribution in [3.05, 3.63) is 22.9 Å². The van der Waals surface area contributed by atoms with E-state index in [-0.39, 0.29) is 0 Å². The van der Waals surface area contributed by atoms with E-state index in [2.05, 4.69) is 26.0 Å². The third-order valence-corrected chi connectivity index (χ3v) is 2.57. The van der Waals surface area contributed by atoms with Crippen molar-refractivity contribution in [3.63, 3.8) is 0 Å². The van der Waals surface area contributed by atoms with E-state index < -0.39 is 0 Å². The normalized spacial score (nSPS) is 11.0. The molecule has 0 amide bonds. The van der Waals surface area contributed by atoms with E-state index in [0.717, 1.165) is 22.1 Å². The van der Waals surface area contributed by atoms with Crippen LogP contribution in [-0.4, -0.2) is 28.5 Å². The number of fused-ring (bicyclic) bond motifs is 1. The number of nitrogens with zero attached hydrogens (tertiary/aromatic N) is 3. The van der Waals surface area contributed by atoms with E-state index in [0.29, 0.717) is 6.61 Å². The van der Waals surface area contributed by atoms with Crippen molar-refractivity contribution in [1.29, 1.82) is 0 Å². The molecule has 2 aromatic heterocycles. The fourth-order valence-corrected chi connectivity index (χ4v) is 1.64. The first-order valence-electron chi connectivity index (χ1n) is 4.28. The molecule has 2 heterocycles. The zero-order valence-corrected chi connectivity index (χ0v) is 9.36. The minimum absolute atomic E-state index is 0.658. The molecule has 0 aliphatic rings. The quantitative estimate of drug-likeness (QED) is 0.841. The van der Waals surface area contributed by atoms with Crippen LogP contribution >= 0.6 is 15.9 Å². The highest BCUT2D eigenvalue weighted by Gasteiger charge is 2.04. The average molecular weight is 256 g/mol. The van der Waals surface area contributed by atoms with E-state index in [1.54, 1.807) is 13.3 Å². The van der Waals surface area contributed by atoms with E-state index in [9.17, 15) is 0 Å². The molecule has 0 bridgehead atoms. The molecule has 5 heteroatoms. The van der Waals surface area contributed by atoms with Crippen molar-refractivity contribution in [2.45, 2.75) is 6.54 Å². The van der Waals surface area contributed by atoms with Gasteiger partial charge >= 0.3 is 0 Å². The molecule has 14 heavy (non-hydrogen) atoms. The predicted octanol–water partition coefficient (Wildman–Crippen LogP) is 1.84. The molecule has 0 saturated heterocycles. The topological polar surface area (TPSA) is 39.9 Å². The highest BCUT2D eigenvalue weighted by Crippen LogP contribution is 2.19. The van der Waals surface area contributed by atoms with Crippen molar-refractivity contribution in [3.8, 4) is 0 Å². The summed E-state index contributed by atoms with van der Waals surface area (Å²) in [7, 11) is 1.68. The molecular formula is C9H10BrN3O. The van der Waals surface area contributed by atoms with Gasteiger partial charge in [0.2, 0.25) is 0 Å². The molecule has 0 aliphatic carbocycles. The maximum absolute atomic E-state index is 4.98. The van der Waals surface area contributed by atoms with Gasteiger partial charge in [-0.05, 0) is 22.0 Å². The summed E-state index contributed by atoms with van der Waals surface area (Å²) in [5.41, 5.74) is 1.79. The SMILES string of the molecule is COCCn1cc2nccc(Br)c2n1. The van der Waals surface area contributed by atoms with E-state index in [4.69, 9.17) is 4.74 Å². The average Bonchev–Trinajstić information content (AvgIpc) is 2.59. The van der Waals surface area contributed by atoms with Crippen molar-refractivity contribution in [1.82, 2.24) is 14.8 Å². The van der Waals surface area contributed by atoms with Crippen molar-refractivity contribution in [2.75, 3.05) is 13.7 Å². The Morgan fingerprint density at radius 1 is 1.57 bits per heavy atom. The second kappa shape index (κ2) is 4.06. The molecule has 2 aromatic rings. The van der Waals surface area contributed by atoms with E-state index in [1.165, 1.54) is 0 Å². The Hall–Kier alpha value is -0.940. The number of ether oxygens (including phenoxy) is 1. The van der Waals surface area contributed by atoms with Crippen molar-refractivity contribution in [2.24, 2.45) is 0 Å². The summed E-state index contributed by atoms with van der Waals surface area (Å²) < 4.78 is 7.79. The van der Waals surface area contributed by atoms with Crippen LogP contribution in [-0.2, 0) is 11.3 Å². The summed E-state index contributed by atoms with van der Waals surface area (Å²) in [6.07, 6.45) is 3.67. The lowest BCUT2D eigenvalue weighted by molar-refractivity contribution is 0.184. The summed E-state index contributed by atoms with van der Waals surface area (Å²) in [4.78, 5) is 4.22. The lowest BCUT2D eigenvalue weighted by Gasteiger charge is -1.97. The summed E-state index contributed by atoms with van der Waals surface area (Å²) >= 11 is 3.43. The van der Waals surface area contributed by atoms with Crippen LogP contribution in [0.2, 0.25) is 0 Å². The molecule has 4 nitrogen and oxygen atoms in total. The van der Waals surface area contributed by atoms with Gasteiger partial charge in [-0.2, -0.15) is 5.10 Å². The van der Waals surface area contributed by atoms with Crippen LogP contribution in [0.4, 0.5) is 0 Å². The number of rotatable bonds is 3. The zero-order valence-electron chi connectivity index (χ0n) is 7.77. The third kappa shape index (κ3) is 1.78. The van der Waals surface area contributed by atoms with Crippen LogP contribution in [0.1, 0.15) is 0 Å². The van der Waals surface area contributed by atoms with Crippen molar-refractivity contribution >= 4 is 27.0 Å². The first-order chi connectivity index (χ1) is 6.81. The van der Waals surface area contributed by atoms with Gasteiger partial charge in [0.1, 0.15) is 11.0 Å². The Labute approximate surface area is 90.0 Å². The zero-order chi connectivity index (χ0) is 9.97. The number of pyridine rings is 1. The van der Waals surface area contributed by atoms with Crippen LogP contribution in [0.25, 0.3) is 11.0 Å². The molecule has 2 rings (SSSR count). The highest BCUT2D eigenvalue weighted by molar-refractivity contribution is 9.10. The third-order valence-electron chi connectivity index (χ3n) is 1.93. The fourth-order valence-electron chi connectivity index (χ4n) is 1.24. The standard InChI is InChI=1S/C9H10BrN3O/c1-14-5-4-13-6-8-9(12-13)7(10)2-3-11-8/h2-3,6H,4-5H2,1H3. The lowest BCUT2D eigenvalue weighted by atomic mass is 10.4. The van der Waals surface area contributed by atoms with Gasteiger partial charge in [-0.1, -0.05) is 0 Å². The van der Waals surface area contributed by atoms with Crippen molar-refractivity contribution < 1.29 is 4.74 Å². The van der Waals surface area contributed by atoms with Gasteiger partial charge in [0, 0.05) is 17.8 Å². The molecule has 0 aromatic carbocycles. The maximum atomic E-state index is 4.98. The fraction of sp³-hybridized carbons (Fsp3) is 0.333. The molecule has 0 atom stereocenters. The summed E-state index contributed by atoms with van der Waals surface area (Å²) in [6.45, 7) is 1.41. The summed E-state index contributed by atoms with van der Waals surface area (Å²) in [5.74, 6) is 0. The van der Waals surface area contributed by atoms with Gasteiger partial charge in [-0.25, -0.2) is 0 Å². The van der Waals surface area contributed by atoms with E-state index in [1.807, 2.05) is 16.9 Å². The number of hydrogen-bond acceptors (Lipinski definition) is 3. The molecule has 0 aliphatic heterocycles. The highest BCUT2D eigenvalue weighted by atomic mass is 79.9. The molecule has 74 valence electrons. The first kappa shape index (κ1) is 9.61. The van der Waals surface area contributed by atoms with Crippen LogP contribution < -0.4 is 0 Å². The molecule has 0 N–H and O–H groups in total. The predicted molar refractivity (Wildman–Crippen MR) is 57.1 cm³/mol. The largest absolute Gasteiger partial charge is 0.383 e. The minimum Gasteiger partial charge on any atom is -0.383 e. The molecule has 0 spiro atoms. The number of halogens is 1. The number of methoxy groups -OCH3 is 1. The second-order valence-corrected chi connectivity index (χ2v) is 3.77. The Morgan fingerprint density at radius 2 is 2.43 bits per heavy atom. The molecule has 0 saturated carbocycles. The Kier molecular flexibility index (Phi) is 2.79. The number of hydrogen-bond donors (Lipinski definition) is 0. The van der Waals surface area contributed by atoms with Gasteiger partial charge in [0.25, 0.3) is 0 Å². The van der Waals surface area contributed by atoms with Crippen LogP contribution in [0.3, 0.4) is 0 Å². The van der Waals surface area contributed by atoms with Crippen LogP contribution in [0.15, 0.2) is 22.9 Å². The monoisotopic (exact) mass is 255 g/mol. The lowest BCUT2D eigenvalue weighted by Crippen LogP contribution is -2.03. The van der Waals surface area contributed by atoms with Gasteiger partial charge in [0.15, 0.2) is 0 Å². The smallest absolute Gasteiger partial charge is 0.125 e. The Balaban J connectivity index is 2.36. The first-order valence-corrected chi connectivity index (χ1v) is 5.07. The Bertz CT molecular complexity index is 441. The van der Waals surface area contributed by atoms with Crippen LogP contribution in [0.5, 0.6) is 0 Å².